The number of ether oxygens (including phenoxy) is 4. The summed E-state index contributed by atoms with van der Waals surface area (Å²) in [6, 6.07) is 21.5. The van der Waals surface area contributed by atoms with Gasteiger partial charge < -0.3 is 29.2 Å². The van der Waals surface area contributed by atoms with Gasteiger partial charge in [-0.15, -0.1) is 0 Å². The van der Waals surface area contributed by atoms with E-state index in [1.807, 2.05) is 44.2 Å². The standard InChI is InChI=1S/C38H43Cl2N3O8S/c1-7-25(2)41-38(45)33(20-26-12-9-8-10-13-26)42(23-29-30(39)14-11-15-31(29)40)37(44)24-43(32-21-27(48-3)16-18-34(32)49-4)52(46,47)28-17-19-35(50-5)36(22-28)51-6/h8-19,21-22,25,33H,7,20,23-24H2,1-6H3,(H,41,45)/t25-,33+/m1/s1. The van der Waals surface area contributed by atoms with Crippen molar-refractivity contribution in [2.24, 2.45) is 0 Å². The fourth-order valence-corrected chi connectivity index (χ4v) is 7.41. The Morgan fingerprint density at radius 1 is 0.788 bits per heavy atom. The number of nitrogens with zero attached hydrogens (tertiary/aromatic N) is 2. The van der Waals surface area contributed by atoms with Crippen LogP contribution in [-0.2, 0) is 32.6 Å². The van der Waals surface area contributed by atoms with Crippen molar-refractivity contribution >= 4 is 50.7 Å². The number of hydrogen-bond acceptors (Lipinski definition) is 8. The van der Waals surface area contributed by atoms with Crippen LogP contribution in [0.3, 0.4) is 0 Å². The summed E-state index contributed by atoms with van der Waals surface area (Å²) in [6.07, 6.45) is 0.753. The fourth-order valence-electron chi connectivity index (χ4n) is 5.46. The Hall–Kier alpha value is -4.65. The second-order valence-electron chi connectivity index (χ2n) is 11.8. The van der Waals surface area contributed by atoms with Crippen molar-refractivity contribution in [3.63, 3.8) is 0 Å². The molecule has 0 radical (unpaired) electrons. The summed E-state index contributed by atoms with van der Waals surface area (Å²) in [7, 11) is 1.08. The van der Waals surface area contributed by atoms with Crippen molar-refractivity contribution in [3.8, 4) is 23.0 Å². The Morgan fingerprint density at radius 3 is 2.02 bits per heavy atom. The third-order valence-corrected chi connectivity index (χ3v) is 11.0. The van der Waals surface area contributed by atoms with Crippen molar-refractivity contribution in [2.45, 2.75) is 50.2 Å². The molecule has 52 heavy (non-hydrogen) atoms. The first kappa shape index (κ1) is 40.1. The number of amides is 2. The van der Waals surface area contributed by atoms with E-state index in [9.17, 15) is 18.0 Å². The molecule has 1 N–H and O–H groups in total. The van der Waals surface area contributed by atoms with Crippen LogP contribution in [0.4, 0.5) is 5.69 Å². The van der Waals surface area contributed by atoms with Crippen LogP contribution in [-0.4, -0.2) is 72.2 Å². The number of carbonyl (C=O) groups excluding carboxylic acids is 2. The highest BCUT2D eigenvalue weighted by molar-refractivity contribution is 7.92. The lowest BCUT2D eigenvalue weighted by Gasteiger charge is -2.35. The average molecular weight is 773 g/mol. The highest BCUT2D eigenvalue weighted by atomic mass is 35.5. The van der Waals surface area contributed by atoms with Gasteiger partial charge in [-0.2, -0.15) is 0 Å². The molecule has 4 rings (SSSR count). The van der Waals surface area contributed by atoms with Crippen LogP contribution >= 0.6 is 23.2 Å². The number of carbonyl (C=O) groups is 2. The zero-order valence-electron chi connectivity index (χ0n) is 29.9. The second-order valence-corrected chi connectivity index (χ2v) is 14.5. The van der Waals surface area contributed by atoms with E-state index in [1.54, 1.807) is 24.3 Å². The van der Waals surface area contributed by atoms with Crippen LogP contribution in [0.1, 0.15) is 31.4 Å². The summed E-state index contributed by atoms with van der Waals surface area (Å²) in [5.41, 5.74) is 1.19. The maximum absolute atomic E-state index is 14.9. The second kappa shape index (κ2) is 18.2. The molecule has 2 amide bonds. The van der Waals surface area contributed by atoms with Gasteiger partial charge in [0.15, 0.2) is 11.5 Å². The Bertz CT molecular complexity index is 1940. The first-order valence-corrected chi connectivity index (χ1v) is 18.6. The molecule has 278 valence electrons. The zero-order valence-corrected chi connectivity index (χ0v) is 32.2. The van der Waals surface area contributed by atoms with E-state index < -0.39 is 34.4 Å². The first-order chi connectivity index (χ1) is 24.9. The molecule has 0 bridgehead atoms. The molecule has 0 spiro atoms. The highest BCUT2D eigenvalue weighted by Crippen LogP contribution is 2.38. The lowest BCUT2D eigenvalue weighted by molar-refractivity contribution is -0.140. The van der Waals surface area contributed by atoms with Gasteiger partial charge in [-0.1, -0.05) is 66.5 Å². The molecule has 4 aromatic rings. The highest BCUT2D eigenvalue weighted by Gasteiger charge is 2.37. The minimum Gasteiger partial charge on any atom is -0.497 e. The number of nitrogens with one attached hydrogen (secondary N) is 1. The Morgan fingerprint density at radius 2 is 1.42 bits per heavy atom. The van der Waals surface area contributed by atoms with E-state index >= 15 is 0 Å². The number of sulfonamides is 1. The normalized spacial score (nSPS) is 12.3. The minimum absolute atomic E-state index is 0.0179. The van der Waals surface area contributed by atoms with Crippen LogP contribution in [0.15, 0.2) is 89.8 Å². The van der Waals surface area contributed by atoms with E-state index in [2.05, 4.69) is 5.32 Å². The molecule has 0 fully saturated rings. The molecular formula is C38H43Cl2N3O8S. The summed E-state index contributed by atoms with van der Waals surface area (Å²) in [5, 5.41) is 3.55. The monoisotopic (exact) mass is 771 g/mol. The molecule has 0 saturated heterocycles. The molecule has 0 unspecified atom stereocenters. The molecule has 0 aliphatic heterocycles. The first-order valence-electron chi connectivity index (χ1n) is 16.4. The fraction of sp³-hybridized carbons (Fsp3) is 0.316. The molecule has 2 atom stereocenters. The van der Waals surface area contributed by atoms with Gasteiger partial charge >= 0.3 is 0 Å². The van der Waals surface area contributed by atoms with Crippen LogP contribution in [0.2, 0.25) is 10.0 Å². The molecule has 4 aromatic carbocycles. The van der Waals surface area contributed by atoms with Gasteiger partial charge in [0.2, 0.25) is 11.8 Å². The van der Waals surface area contributed by atoms with Crippen LogP contribution < -0.4 is 28.6 Å². The number of hydrogen-bond donors (Lipinski definition) is 1. The van der Waals surface area contributed by atoms with Crippen LogP contribution in [0.25, 0.3) is 0 Å². The molecular weight excluding hydrogens is 729 g/mol. The average Bonchev–Trinajstić information content (AvgIpc) is 3.15. The van der Waals surface area contributed by atoms with Gasteiger partial charge in [0.25, 0.3) is 10.0 Å². The van der Waals surface area contributed by atoms with Gasteiger partial charge in [-0.25, -0.2) is 8.42 Å². The summed E-state index contributed by atoms with van der Waals surface area (Å²) in [4.78, 5) is 30.2. The largest absolute Gasteiger partial charge is 0.497 e. The SMILES string of the molecule is CC[C@@H](C)NC(=O)[C@H](Cc1ccccc1)N(Cc1c(Cl)cccc1Cl)C(=O)CN(c1cc(OC)ccc1OC)S(=O)(=O)c1ccc(OC)c(OC)c1. The van der Waals surface area contributed by atoms with Gasteiger partial charge in [0.1, 0.15) is 24.1 Å². The van der Waals surface area contributed by atoms with E-state index in [-0.39, 0.29) is 51.1 Å². The van der Waals surface area contributed by atoms with E-state index in [1.165, 1.54) is 63.7 Å². The zero-order chi connectivity index (χ0) is 38.0. The van der Waals surface area contributed by atoms with Crippen molar-refractivity contribution in [1.82, 2.24) is 10.2 Å². The van der Waals surface area contributed by atoms with E-state index in [0.717, 1.165) is 9.87 Å². The van der Waals surface area contributed by atoms with Crippen LogP contribution in [0.5, 0.6) is 23.0 Å². The maximum atomic E-state index is 14.9. The molecule has 14 heteroatoms. The molecule has 0 saturated carbocycles. The van der Waals surface area contributed by atoms with Gasteiger partial charge in [0, 0.05) is 46.7 Å². The number of methoxy groups -OCH3 is 4. The van der Waals surface area contributed by atoms with Crippen LogP contribution in [0, 0.1) is 0 Å². The summed E-state index contributed by atoms with van der Waals surface area (Å²) in [5.74, 6) is -0.221. The molecule has 0 aromatic heterocycles. The third kappa shape index (κ3) is 9.41. The molecule has 0 heterocycles. The lowest BCUT2D eigenvalue weighted by Crippen LogP contribution is -2.54. The smallest absolute Gasteiger partial charge is 0.265 e. The maximum Gasteiger partial charge on any atom is 0.265 e. The molecule has 0 aliphatic rings. The van der Waals surface area contributed by atoms with Gasteiger partial charge in [-0.05, 0) is 55.3 Å². The Labute approximate surface area is 315 Å². The number of rotatable bonds is 17. The predicted octanol–water partition coefficient (Wildman–Crippen LogP) is 6.78. The number of benzene rings is 4. The van der Waals surface area contributed by atoms with Gasteiger partial charge in [0.05, 0.1) is 39.0 Å². The third-order valence-electron chi connectivity index (χ3n) is 8.54. The van der Waals surface area contributed by atoms with Crippen molar-refractivity contribution in [2.75, 3.05) is 39.3 Å². The Balaban J connectivity index is 1.93. The molecule has 11 nitrogen and oxygen atoms in total. The van der Waals surface area contributed by atoms with Gasteiger partial charge in [-0.3, -0.25) is 13.9 Å². The summed E-state index contributed by atoms with van der Waals surface area (Å²) < 4.78 is 52.1. The van der Waals surface area contributed by atoms with Crippen molar-refractivity contribution in [1.29, 1.82) is 0 Å². The summed E-state index contributed by atoms with van der Waals surface area (Å²) >= 11 is 13.3. The van der Waals surface area contributed by atoms with Crippen molar-refractivity contribution in [3.05, 3.63) is 106 Å². The van der Waals surface area contributed by atoms with Crippen molar-refractivity contribution < 1.29 is 37.0 Å². The summed E-state index contributed by atoms with van der Waals surface area (Å²) in [6.45, 7) is 2.83. The quantitative estimate of drug-likeness (QED) is 0.125. The predicted molar refractivity (Wildman–Crippen MR) is 202 cm³/mol. The van der Waals surface area contributed by atoms with E-state index in [4.69, 9.17) is 42.1 Å². The van der Waals surface area contributed by atoms with E-state index in [0.29, 0.717) is 23.5 Å². The molecule has 0 aliphatic carbocycles. The lowest BCUT2D eigenvalue weighted by atomic mass is 10.0. The number of anilines is 1. The topological polar surface area (TPSA) is 124 Å². The number of halogens is 2. The minimum atomic E-state index is -4.55. The Kier molecular flexibility index (Phi) is 14.1.